The second kappa shape index (κ2) is 19.2. The summed E-state index contributed by atoms with van der Waals surface area (Å²) in [5.74, 6) is 1.23. The van der Waals surface area contributed by atoms with Gasteiger partial charge in [-0.2, -0.15) is 0 Å². The fourth-order valence-corrected chi connectivity index (χ4v) is 3.70. The van der Waals surface area contributed by atoms with Crippen LogP contribution in [-0.4, -0.2) is 32.1 Å². The fourth-order valence-electron chi connectivity index (χ4n) is 3.70. The number of hydrogen-bond donors (Lipinski definition) is 0. The van der Waals surface area contributed by atoms with Crippen LogP contribution in [0.1, 0.15) is 108 Å². The molecular formula is C28H44O5. The van der Waals surface area contributed by atoms with Crippen LogP contribution >= 0.6 is 0 Å². The zero-order valence-electron chi connectivity index (χ0n) is 21.0. The molecule has 0 amide bonds. The molecule has 1 rings (SSSR count). The van der Waals surface area contributed by atoms with Crippen LogP contribution in [0.25, 0.3) is 0 Å². The standard InChI is InChI=1S/C28H44O5/c1-4-6-7-14-17-25(33-26-21-20-24(23-29)22-27(26)32-5-2)18-15-12-10-8-9-11-13-16-19-28(30)31-3/h12,15,20-23,25H,4-11,13-14,16-19H2,1-3H3/b15-12-/t25-/m0/s1. The Hall–Kier alpha value is -2.30. The molecule has 0 saturated carbocycles. The first kappa shape index (κ1) is 28.7. The summed E-state index contributed by atoms with van der Waals surface area (Å²) in [5.41, 5.74) is 0.593. The van der Waals surface area contributed by atoms with E-state index >= 15 is 0 Å². The highest BCUT2D eigenvalue weighted by atomic mass is 16.5. The third kappa shape index (κ3) is 13.8. The minimum Gasteiger partial charge on any atom is -0.490 e. The van der Waals surface area contributed by atoms with Gasteiger partial charge in [0.2, 0.25) is 0 Å². The average molecular weight is 461 g/mol. The molecule has 0 aliphatic heterocycles. The highest BCUT2D eigenvalue weighted by molar-refractivity contribution is 5.76. The molecular weight excluding hydrogens is 416 g/mol. The van der Waals surface area contributed by atoms with Crippen molar-refractivity contribution in [3.8, 4) is 11.5 Å². The number of unbranched alkanes of at least 4 members (excludes halogenated alkanes) is 8. The normalized spacial score (nSPS) is 12.0. The maximum atomic E-state index is 11.1. The molecule has 1 aromatic carbocycles. The Morgan fingerprint density at radius 2 is 1.70 bits per heavy atom. The second-order valence-electron chi connectivity index (χ2n) is 8.44. The maximum Gasteiger partial charge on any atom is 0.305 e. The minimum atomic E-state index is -0.113. The molecule has 1 atom stereocenters. The van der Waals surface area contributed by atoms with E-state index in [2.05, 4.69) is 23.8 Å². The number of ether oxygens (including phenoxy) is 3. The van der Waals surface area contributed by atoms with Crippen LogP contribution in [0.4, 0.5) is 0 Å². The average Bonchev–Trinajstić information content (AvgIpc) is 2.83. The van der Waals surface area contributed by atoms with Crippen LogP contribution < -0.4 is 9.47 Å². The lowest BCUT2D eigenvalue weighted by molar-refractivity contribution is -0.140. The molecule has 0 aliphatic carbocycles. The number of esters is 1. The van der Waals surface area contributed by atoms with Gasteiger partial charge in [-0.1, -0.05) is 57.6 Å². The Morgan fingerprint density at radius 3 is 2.42 bits per heavy atom. The number of benzene rings is 1. The largest absolute Gasteiger partial charge is 0.490 e. The summed E-state index contributed by atoms with van der Waals surface area (Å²) in [7, 11) is 1.44. The van der Waals surface area contributed by atoms with Crippen LogP contribution in [0, 0.1) is 0 Å². The second-order valence-corrected chi connectivity index (χ2v) is 8.44. The summed E-state index contributed by atoms with van der Waals surface area (Å²) < 4.78 is 16.7. The molecule has 0 radical (unpaired) electrons. The highest BCUT2D eigenvalue weighted by Crippen LogP contribution is 2.30. The number of rotatable bonds is 20. The van der Waals surface area contributed by atoms with Gasteiger partial charge in [0.25, 0.3) is 0 Å². The zero-order chi connectivity index (χ0) is 24.2. The summed E-state index contributed by atoms with van der Waals surface area (Å²) >= 11 is 0. The Morgan fingerprint density at radius 1 is 0.939 bits per heavy atom. The molecule has 1 aromatic rings. The van der Waals surface area contributed by atoms with Crippen molar-refractivity contribution >= 4 is 12.3 Å². The fraction of sp³-hybridized carbons (Fsp3) is 0.643. The lowest BCUT2D eigenvalue weighted by atomic mass is 10.1. The third-order valence-electron chi connectivity index (χ3n) is 5.62. The SMILES string of the molecule is CCCCCC[C@@H](C/C=C\CCCCCCCC(=O)OC)Oc1ccc(C=O)cc1OCC. The van der Waals surface area contributed by atoms with Gasteiger partial charge >= 0.3 is 5.97 Å². The smallest absolute Gasteiger partial charge is 0.305 e. The molecule has 0 unspecified atom stereocenters. The molecule has 186 valence electrons. The monoisotopic (exact) mass is 460 g/mol. The molecule has 0 heterocycles. The van der Waals surface area contributed by atoms with Crippen molar-refractivity contribution < 1.29 is 23.8 Å². The number of allylic oxidation sites excluding steroid dienone is 1. The summed E-state index contributed by atoms with van der Waals surface area (Å²) in [5, 5.41) is 0. The van der Waals surface area contributed by atoms with Gasteiger partial charge in [0, 0.05) is 18.4 Å². The summed E-state index contributed by atoms with van der Waals surface area (Å²) in [6.07, 6.45) is 19.2. The van der Waals surface area contributed by atoms with E-state index in [4.69, 9.17) is 9.47 Å². The molecule has 0 spiro atoms. The maximum absolute atomic E-state index is 11.1. The van der Waals surface area contributed by atoms with Gasteiger partial charge in [-0.05, 0) is 57.2 Å². The predicted octanol–water partition coefficient (Wildman–Crippen LogP) is 7.47. The molecule has 0 aliphatic rings. The van der Waals surface area contributed by atoms with E-state index in [1.54, 1.807) is 12.1 Å². The molecule has 5 heteroatoms. The third-order valence-corrected chi connectivity index (χ3v) is 5.62. The van der Waals surface area contributed by atoms with Crippen LogP contribution in [0.5, 0.6) is 11.5 Å². The Balaban J connectivity index is 2.48. The lowest BCUT2D eigenvalue weighted by Crippen LogP contribution is -2.16. The first-order chi connectivity index (χ1) is 16.1. The number of hydrogen-bond acceptors (Lipinski definition) is 5. The van der Waals surface area contributed by atoms with Gasteiger partial charge in [0.05, 0.1) is 13.7 Å². The van der Waals surface area contributed by atoms with Crippen LogP contribution in [0.2, 0.25) is 0 Å². The van der Waals surface area contributed by atoms with Crippen LogP contribution in [-0.2, 0) is 9.53 Å². The van der Waals surface area contributed by atoms with E-state index in [0.717, 1.165) is 51.2 Å². The first-order valence-electron chi connectivity index (χ1n) is 12.7. The van der Waals surface area contributed by atoms with Crippen molar-refractivity contribution in [3.05, 3.63) is 35.9 Å². The molecule has 0 N–H and O–H groups in total. The van der Waals surface area contributed by atoms with Crippen molar-refractivity contribution in [2.75, 3.05) is 13.7 Å². The van der Waals surface area contributed by atoms with Crippen molar-refractivity contribution in [1.82, 2.24) is 0 Å². The number of methoxy groups -OCH3 is 1. The Bertz CT molecular complexity index is 683. The quantitative estimate of drug-likeness (QED) is 0.0874. The molecule has 0 fully saturated rings. The number of carbonyl (C=O) groups is 2. The van der Waals surface area contributed by atoms with E-state index in [0.29, 0.717) is 30.1 Å². The first-order valence-corrected chi connectivity index (χ1v) is 12.7. The van der Waals surface area contributed by atoms with Crippen molar-refractivity contribution in [3.63, 3.8) is 0 Å². The van der Waals surface area contributed by atoms with Crippen LogP contribution in [0.15, 0.2) is 30.4 Å². The van der Waals surface area contributed by atoms with Gasteiger partial charge in [-0.3, -0.25) is 9.59 Å². The predicted molar refractivity (Wildman–Crippen MR) is 134 cm³/mol. The van der Waals surface area contributed by atoms with E-state index in [1.807, 2.05) is 13.0 Å². The van der Waals surface area contributed by atoms with E-state index < -0.39 is 0 Å². The zero-order valence-corrected chi connectivity index (χ0v) is 21.0. The van der Waals surface area contributed by atoms with Crippen molar-refractivity contribution in [2.24, 2.45) is 0 Å². The van der Waals surface area contributed by atoms with Gasteiger partial charge in [0.15, 0.2) is 11.5 Å². The summed E-state index contributed by atoms with van der Waals surface area (Å²) in [6, 6.07) is 5.37. The van der Waals surface area contributed by atoms with Crippen LogP contribution in [0.3, 0.4) is 0 Å². The van der Waals surface area contributed by atoms with Crippen molar-refractivity contribution in [1.29, 1.82) is 0 Å². The molecule has 0 saturated heterocycles. The van der Waals surface area contributed by atoms with Gasteiger partial charge in [-0.25, -0.2) is 0 Å². The van der Waals surface area contributed by atoms with E-state index in [9.17, 15) is 9.59 Å². The topological polar surface area (TPSA) is 61.8 Å². The van der Waals surface area contributed by atoms with Gasteiger partial charge in [0.1, 0.15) is 12.4 Å². The number of aldehydes is 1. The van der Waals surface area contributed by atoms with Crippen molar-refractivity contribution in [2.45, 2.75) is 103 Å². The van der Waals surface area contributed by atoms with E-state index in [-0.39, 0.29) is 12.1 Å². The molecule has 0 aromatic heterocycles. The van der Waals surface area contributed by atoms with Gasteiger partial charge < -0.3 is 14.2 Å². The molecule has 33 heavy (non-hydrogen) atoms. The lowest BCUT2D eigenvalue weighted by Gasteiger charge is -2.20. The summed E-state index contributed by atoms with van der Waals surface area (Å²) in [6.45, 7) is 4.68. The van der Waals surface area contributed by atoms with E-state index in [1.165, 1.54) is 39.2 Å². The Labute approximate surface area is 200 Å². The van der Waals surface area contributed by atoms with Gasteiger partial charge in [-0.15, -0.1) is 0 Å². The highest BCUT2D eigenvalue weighted by Gasteiger charge is 2.13. The molecule has 5 nitrogen and oxygen atoms in total. The minimum absolute atomic E-state index is 0.0951. The Kier molecular flexibility index (Phi) is 16.7. The summed E-state index contributed by atoms with van der Waals surface area (Å²) in [4.78, 5) is 22.2. The molecule has 0 bridgehead atoms. The number of carbonyl (C=O) groups excluding carboxylic acids is 2.